The van der Waals surface area contributed by atoms with Crippen molar-refractivity contribution in [2.75, 3.05) is 19.1 Å². The Morgan fingerprint density at radius 2 is 1.86 bits per heavy atom. The fourth-order valence-corrected chi connectivity index (χ4v) is 5.64. The van der Waals surface area contributed by atoms with Crippen molar-refractivity contribution in [2.45, 2.75) is 6.04 Å². The molecule has 1 amide bonds. The molecule has 7 nitrogen and oxygen atoms in total. The van der Waals surface area contributed by atoms with Crippen LogP contribution in [0.3, 0.4) is 0 Å². The van der Waals surface area contributed by atoms with Crippen LogP contribution < -0.4 is 19.8 Å². The predicted octanol–water partition coefficient (Wildman–Crippen LogP) is 5.82. The van der Waals surface area contributed by atoms with Gasteiger partial charge in [-0.05, 0) is 42.5 Å². The Hall–Kier alpha value is -3.88. The van der Waals surface area contributed by atoms with Crippen molar-refractivity contribution in [3.8, 4) is 11.5 Å². The standard InChI is InChI=1S/C26H17ClN2O5S/c1-32-14-8-9-17-20(12-14)35-26(28-17)29-22(15-5-3-4-6-18(15)33-2)21-23(30)16-11-13(27)7-10-19(16)34-24(21)25(29)31/h3-12,22H,1-2H3. The van der Waals surface area contributed by atoms with Crippen molar-refractivity contribution >= 4 is 55.2 Å². The summed E-state index contributed by atoms with van der Waals surface area (Å²) in [6.45, 7) is 0. The van der Waals surface area contributed by atoms with Crippen molar-refractivity contribution in [1.82, 2.24) is 4.98 Å². The first-order valence-corrected chi connectivity index (χ1v) is 11.9. The predicted molar refractivity (Wildman–Crippen MR) is 135 cm³/mol. The van der Waals surface area contributed by atoms with Crippen LogP contribution in [0.1, 0.15) is 27.7 Å². The molecule has 174 valence electrons. The number of carbonyl (C=O) groups excluding carboxylic acids is 1. The number of aromatic nitrogens is 1. The average molecular weight is 505 g/mol. The number of nitrogens with zero attached hydrogens (tertiary/aromatic N) is 2. The number of thiazole rings is 1. The van der Waals surface area contributed by atoms with E-state index in [4.69, 9.17) is 30.5 Å². The zero-order valence-corrected chi connectivity index (χ0v) is 20.1. The van der Waals surface area contributed by atoms with Gasteiger partial charge in [0, 0.05) is 10.6 Å². The minimum atomic E-state index is -0.796. The lowest BCUT2D eigenvalue weighted by molar-refractivity contribution is 0.0971. The minimum absolute atomic E-state index is 0.0161. The zero-order valence-electron chi connectivity index (χ0n) is 18.6. The zero-order chi connectivity index (χ0) is 24.3. The molecule has 0 spiro atoms. The summed E-state index contributed by atoms with van der Waals surface area (Å²) in [7, 11) is 3.14. The Morgan fingerprint density at radius 3 is 2.66 bits per heavy atom. The summed E-state index contributed by atoms with van der Waals surface area (Å²) in [5.74, 6) is 0.759. The summed E-state index contributed by atoms with van der Waals surface area (Å²) >= 11 is 7.50. The number of amides is 1. The lowest BCUT2D eigenvalue weighted by Crippen LogP contribution is -2.29. The molecule has 0 aliphatic carbocycles. The number of benzene rings is 3. The Balaban J connectivity index is 1.64. The second kappa shape index (κ2) is 8.11. The van der Waals surface area contributed by atoms with Gasteiger partial charge in [0.05, 0.1) is 35.4 Å². The monoisotopic (exact) mass is 504 g/mol. The molecule has 0 N–H and O–H groups in total. The van der Waals surface area contributed by atoms with Gasteiger partial charge in [0.1, 0.15) is 23.1 Å². The third-order valence-electron chi connectivity index (χ3n) is 6.06. The summed E-state index contributed by atoms with van der Waals surface area (Å²) in [6, 6.07) is 16.8. The van der Waals surface area contributed by atoms with E-state index in [0.717, 1.165) is 4.70 Å². The highest BCUT2D eigenvalue weighted by Crippen LogP contribution is 2.46. The number of methoxy groups -OCH3 is 2. The molecule has 1 aliphatic heterocycles. The van der Waals surface area contributed by atoms with Crippen molar-refractivity contribution in [2.24, 2.45) is 0 Å². The molecule has 9 heteroatoms. The Labute approximate surface area is 208 Å². The highest BCUT2D eigenvalue weighted by molar-refractivity contribution is 7.22. The second-order valence-corrected chi connectivity index (χ2v) is 9.41. The molecular formula is C26H17ClN2O5S. The summed E-state index contributed by atoms with van der Waals surface area (Å²) in [4.78, 5) is 33.8. The largest absolute Gasteiger partial charge is 0.497 e. The van der Waals surface area contributed by atoms with E-state index in [9.17, 15) is 9.59 Å². The number of anilines is 1. The quantitative estimate of drug-likeness (QED) is 0.306. The number of rotatable bonds is 4. The summed E-state index contributed by atoms with van der Waals surface area (Å²) in [5.41, 5.74) is 1.56. The molecule has 1 aliphatic rings. The fraction of sp³-hybridized carbons (Fsp3) is 0.115. The molecule has 0 fully saturated rings. The summed E-state index contributed by atoms with van der Waals surface area (Å²) in [5, 5.41) is 1.14. The molecular weight excluding hydrogens is 488 g/mol. The molecule has 0 radical (unpaired) electrons. The minimum Gasteiger partial charge on any atom is -0.497 e. The Bertz CT molecular complexity index is 1710. The van der Waals surface area contributed by atoms with Crippen LogP contribution in [-0.4, -0.2) is 25.1 Å². The van der Waals surface area contributed by atoms with Crippen LogP contribution in [0.2, 0.25) is 5.02 Å². The van der Waals surface area contributed by atoms with Gasteiger partial charge in [0.2, 0.25) is 5.76 Å². The lowest BCUT2D eigenvalue weighted by atomic mass is 9.98. The van der Waals surface area contributed by atoms with Gasteiger partial charge < -0.3 is 13.9 Å². The van der Waals surface area contributed by atoms with Gasteiger partial charge in [-0.1, -0.05) is 41.1 Å². The molecule has 6 rings (SSSR count). The third kappa shape index (κ3) is 3.29. The van der Waals surface area contributed by atoms with Gasteiger partial charge in [-0.25, -0.2) is 4.98 Å². The Kier molecular flexibility index (Phi) is 5.01. The highest BCUT2D eigenvalue weighted by Gasteiger charge is 2.46. The third-order valence-corrected chi connectivity index (χ3v) is 7.31. The van der Waals surface area contributed by atoms with Gasteiger partial charge in [-0.3, -0.25) is 14.5 Å². The Morgan fingerprint density at radius 1 is 1.03 bits per heavy atom. The van der Waals surface area contributed by atoms with Crippen LogP contribution in [0.4, 0.5) is 5.13 Å². The number of fused-ring (bicyclic) bond motifs is 3. The molecule has 0 saturated heterocycles. The molecule has 35 heavy (non-hydrogen) atoms. The van der Waals surface area contributed by atoms with Crippen LogP contribution in [0.25, 0.3) is 21.2 Å². The van der Waals surface area contributed by atoms with Crippen LogP contribution in [-0.2, 0) is 0 Å². The molecule has 5 aromatic rings. The molecule has 0 saturated carbocycles. The SMILES string of the molecule is COc1ccc2nc(N3C(=O)c4oc5ccc(Cl)cc5c(=O)c4C3c3ccccc3OC)sc2c1. The molecule has 3 aromatic carbocycles. The first kappa shape index (κ1) is 21.6. The van der Waals surface area contributed by atoms with E-state index in [0.29, 0.717) is 43.7 Å². The smallest absolute Gasteiger partial charge is 0.297 e. The summed E-state index contributed by atoms with van der Waals surface area (Å²) < 4.78 is 17.8. The van der Waals surface area contributed by atoms with Gasteiger partial charge >= 0.3 is 0 Å². The maximum absolute atomic E-state index is 13.8. The van der Waals surface area contributed by atoms with Gasteiger partial charge in [0.25, 0.3) is 5.91 Å². The van der Waals surface area contributed by atoms with E-state index < -0.39 is 11.9 Å². The average Bonchev–Trinajstić information content (AvgIpc) is 3.42. The number of para-hydroxylation sites is 1. The topological polar surface area (TPSA) is 81.9 Å². The molecule has 1 atom stereocenters. The molecule has 0 bridgehead atoms. The molecule has 3 heterocycles. The van der Waals surface area contributed by atoms with Crippen molar-refractivity contribution in [3.63, 3.8) is 0 Å². The van der Waals surface area contributed by atoms with E-state index >= 15 is 0 Å². The summed E-state index contributed by atoms with van der Waals surface area (Å²) in [6.07, 6.45) is 0. The van der Waals surface area contributed by atoms with Crippen molar-refractivity contribution in [3.05, 3.63) is 92.8 Å². The number of hydrogen-bond donors (Lipinski definition) is 0. The van der Waals surface area contributed by atoms with E-state index in [1.807, 2.05) is 36.4 Å². The van der Waals surface area contributed by atoms with Crippen LogP contribution in [0, 0.1) is 0 Å². The van der Waals surface area contributed by atoms with Crippen molar-refractivity contribution < 1.29 is 18.7 Å². The molecule has 1 unspecified atom stereocenters. The maximum Gasteiger partial charge on any atom is 0.297 e. The van der Waals surface area contributed by atoms with Gasteiger partial charge in [-0.15, -0.1) is 0 Å². The highest BCUT2D eigenvalue weighted by atomic mass is 35.5. The first-order chi connectivity index (χ1) is 17.0. The van der Waals surface area contributed by atoms with Crippen LogP contribution in [0.15, 0.2) is 69.9 Å². The number of carbonyl (C=O) groups is 1. The number of halogens is 1. The second-order valence-electron chi connectivity index (χ2n) is 7.96. The maximum atomic E-state index is 13.8. The van der Waals surface area contributed by atoms with E-state index in [-0.39, 0.29) is 16.8 Å². The van der Waals surface area contributed by atoms with E-state index in [2.05, 4.69) is 0 Å². The number of hydrogen-bond acceptors (Lipinski definition) is 7. The normalized spacial score (nSPS) is 15.1. The lowest BCUT2D eigenvalue weighted by Gasteiger charge is -2.24. The van der Waals surface area contributed by atoms with Crippen LogP contribution in [0.5, 0.6) is 11.5 Å². The van der Waals surface area contributed by atoms with E-state index in [1.165, 1.54) is 16.2 Å². The number of ether oxygens (including phenoxy) is 2. The van der Waals surface area contributed by atoms with Gasteiger partial charge in [-0.2, -0.15) is 0 Å². The van der Waals surface area contributed by atoms with Crippen molar-refractivity contribution in [1.29, 1.82) is 0 Å². The van der Waals surface area contributed by atoms with Gasteiger partial charge in [0.15, 0.2) is 10.6 Å². The van der Waals surface area contributed by atoms with E-state index in [1.54, 1.807) is 38.5 Å². The molecule has 2 aromatic heterocycles. The fourth-order valence-electron chi connectivity index (χ4n) is 4.45. The van der Waals surface area contributed by atoms with Crippen LogP contribution >= 0.6 is 22.9 Å². The first-order valence-electron chi connectivity index (χ1n) is 10.7.